The molecule has 5 nitrogen and oxygen atoms in total. The molecule has 0 aromatic heterocycles. The molecule has 0 radical (unpaired) electrons. The summed E-state index contributed by atoms with van der Waals surface area (Å²) >= 11 is 0. The number of carbonyl (C=O) groups excluding carboxylic acids is 1. The molecule has 0 aliphatic rings. The maximum Gasteiger partial charge on any atom is 0.337 e. The summed E-state index contributed by atoms with van der Waals surface area (Å²) in [6.45, 7) is 0. The number of nitrogens with two attached hydrogens (primary N) is 1. The molecule has 0 aliphatic carbocycles. The quantitative estimate of drug-likeness (QED) is 0.741. The van der Waals surface area contributed by atoms with Gasteiger partial charge in [0.2, 0.25) is 0 Å². The second kappa shape index (κ2) is 5.27. The van der Waals surface area contributed by atoms with Crippen molar-refractivity contribution in [1.82, 2.24) is 0 Å². The van der Waals surface area contributed by atoms with E-state index in [1.807, 2.05) is 0 Å². The minimum Gasteiger partial charge on any atom is -0.481 e. The van der Waals surface area contributed by atoms with Gasteiger partial charge in [0.05, 0.1) is 19.1 Å². The number of esters is 1. The lowest BCUT2D eigenvalue weighted by Gasteiger charge is -2.10. The Morgan fingerprint density at radius 2 is 2.19 bits per heavy atom. The van der Waals surface area contributed by atoms with Crippen LogP contribution in [0, 0.1) is 0 Å². The van der Waals surface area contributed by atoms with E-state index in [1.54, 1.807) is 24.3 Å². The molecule has 3 N–H and O–H groups in total. The van der Waals surface area contributed by atoms with Crippen molar-refractivity contribution in [2.75, 3.05) is 7.11 Å². The van der Waals surface area contributed by atoms with Crippen LogP contribution in [0.5, 0.6) is 0 Å². The van der Waals surface area contributed by atoms with Gasteiger partial charge in [-0.15, -0.1) is 0 Å². The third-order valence-electron chi connectivity index (χ3n) is 2.13. The molecule has 0 heterocycles. The largest absolute Gasteiger partial charge is 0.481 e. The molecule has 0 aliphatic heterocycles. The van der Waals surface area contributed by atoms with Gasteiger partial charge >= 0.3 is 11.9 Å². The average molecular weight is 223 g/mol. The van der Waals surface area contributed by atoms with Crippen LogP contribution in [0.3, 0.4) is 0 Å². The van der Waals surface area contributed by atoms with E-state index in [2.05, 4.69) is 4.74 Å². The fraction of sp³-hybridized carbons (Fsp3) is 0.273. The van der Waals surface area contributed by atoms with Crippen molar-refractivity contribution >= 4 is 11.9 Å². The zero-order chi connectivity index (χ0) is 12.1. The van der Waals surface area contributed by atoms with Gasteiger partial charge < -0.3 is 15.6 Å². The first kappa shape index (κ1) is 12.2. The molecule has 1 unspecified atom stereocenters. The molecule has 0 fully saturated rings. The fourth-order valence-electron chi connectivity index (χ4n) is 1.32. The van der Waals surface area contributed by atoms with Gasteiger partial charge in [-0.1, -0.05) is 12.1 Å². The molecular weight excluding hydrogens is 210 g/mol. The van der Waals surface area contributed by atoms with Crippen molar-refractivity contribution < 1.29 is 19.4 Å². The van der Waals surface area contributed by atoms with Crippen molar-refractivity contribution in [3.63, 3.8) is 0 Å². The molecule has 1 rings (SSSR count). The number of hydrogen-bond acceptors (Lipinski definition) is 4. The van der Waals surface area contributed by atoms with Gasteiger partial charge in [-0.3, -0.25) is 4.79 Å². The van der Waals surface area contributed by atoms with Crippen LogP contribution in [0.4, 0.5) is 0 Å². The molecule has 0 bridgehead atoms. The maximum absolute atomic E-state index is 11.2. The van der Waals surface area contributed by atoms with Gasteiger partial charge in [-0.2, -0.15) is 0 Å². The minimum atomic E-state index is -0.976. The van der Waals surface area contributed by atoms with E-state index >= 15 is 0 Å². The first-order valence-electron chi connectivity index (χ1n) is 4.70. The van der Waals surface area contributed by atoms with Gasteiger partial charge in [0.1, 0.15) is 0 Å². The predicted molar refractivity (Wildman–Crippen MR) is 57.0 cm³/mol. The van der Waals surface area contributed by atoms with Crippen LogP contribution in [-0.4, -0.2) is 24.2 Å². The lowest BCUT2D eigenvalue weighted by atomic mass is 10.0. The number of hydrogen-bond donors (Lipinski definition) is 2. The summed E-state index contributed by atoms with van der Waals surface area (Å²) in [4.78, 5) is 21.7. The number of carboxylic acid groups (broad SMARTS) is 1. The van der Waals surface area contributed by atoms with Crippen molar-refractivity contribution in [2.24, 2.45) is 5.73 Å². The van der Waals surface area contributed by atoms with Gasteiger partial charge in [0.15, 0.2) is 0 Å². The Balaban J connectivity index is 2.89. The smallest absolute Gasteiger partial charge is 0.337 e. The summed E-state index contributed by atoms with van der Waals surface area (Å²) in [5.74, 6) is -1.44. The van der Waals surface area contributed by atoms with Crippen molar-refractivity contribution in [2.45, 2.75) is 12.5 Å². The molecule has 0 saturated heterocycles. The zero-order valence-electron chi connectivity index (χ0n) is 8.84. The first-order valence-corrected chi connectivity index (χ1v) is 4.70. The molecule has 86 valence electrons. The number of carbonyl (C=O) groups is 2. The molecule has 16 heavy (non-hydrogen) atoms. The number of ether oxygens (including phenoxy) is 1. The van der Waals surface area contributed by atoms with Crippen LogP contribution >= 0.6 is 0 Å². The van der Waals surface area contributed by atoms with Gasteiger partial charge in [-0.05, 0) is 17.7 Å². The van der Waals surface area contributed by atoms with Crippen molar-refractivity contribution in [3.8, 4) is 0 Å². The summed E-state index contributed by atoms with van der Waals surface area (Å²) in [6.07, 6.45) is -0.176. The predicted octanol–water partition coefficient (Wildman–Crippen LogP) is 0.948. The van der Waals surface area contributed by atoms with E-state index in [-0.39, 0.29) is 6.42 Å². The van der Waals surface area contributed by atoms with Crippen LogP contribution in [0.1, 0.15) is 28.4 Å². The van der Waals surface area contributed by atoms with E-state index in [9.17, 15) is 9.59 Å². The van der Waals surface area contributed by atoms with Gasteiger partial charge in [-0.25, -0.2) is 4.79 Å². The molecular formula is C11H13NO4. The lowest BCUT2D eigenvalue weighted by molar-refractivity contribution is -0.137. The van der Waals surface area contributed by atoms with Crippen LogP contribution in [0.25, 0.3) is 0 Å². The lowest BCUT2D eigenvalue weighted by Crippen LogP contribution is -2.15. The maximum atomic E-state index is 11.2. The first-order chi connectivity index (χ1) is 7.54. The van der Waals surface area contributed by atoms with E-state index in [1.165, 1.54) is 7.11 Å². The number of aliphatic carboxylic acids is 1. The van der Waals surface area contributed by atoms with Gasteiger partial charge in [0, 0.05) is 6.04 Å². The monoisotopic (exact) mass is 223 g/mol. The molecule has 1 atom stereocenters. The summed E-state index contributed by atoms with van der Waals surface area (Å²) < 4.78 is 4.56. The number of carboxylic acids is 1. The SMILES string of the molecule is COC(=O)c1cccc(C(N)CC(=O)O)c1. The zero-order valence-corrected chi connectivity index (χ0v) is 8.84. The van der Waals surface area contributed by atoms with Crippen LogP contribution < -0.4 is 5.73 Å². The number of methoxy groups -OCH3 is 1. The van der Waals surface area contributed by atoms with Gasteiger partial charge in [0.25, 0.3) is 0 Å². The standard InChI is InChI=1S/C11H13NO4/c1-16-11(15)8-4-2-3-7(5-8)9(12)6-10(13)14/h2-5,9H,6,12H2,1H3,(H,13,14). The molecule has 0 spiro atoms. The highest BCUT2D eigenvalue weighted by Gasteiger charge is 2.13. The van der Waals surface area contributed by atoms with E-state index in [0.29, 0.717) is 11.1 Å². The Morgan fingerprint density at radius 3 is 2.75 bits per heavy atom. The Kier molecular flexibility index (Phi) is 4.02. The van der Waals surface area contributed by atoms with E-state index in [4.69, 9.17) is 10.8 Å². The fourth-order valence-corrected chi connectivity index (χ4v) is 1.32. The molecule has 0 amide bonds. The Hall–Kier alpha value is -1.88. The molecule has 0 saturated carbocycles. The van der Waals surface area contributed by atoms with Crippen molar-refractivity contribution in [1.29, 1.82) is 0 Å². The molecule has 1 aromatic carbocycles. The average Bonchev–Trinajstić information content (AvgIpc) is 2.27. The number of rotatable bonds is 4. The second-order valence-corrected chi connectivity index (χ2v) is 3.32. The third-order valence-corrected chi connectivity index (χ3v) is 2.13. The minimum absolute atomic E-state index is 0.176. The van der Waals surface area contributed by atoms with Crippen LogP contribution in [-0.2, 0) is 9.53 Å². The summed E-state index contributed by atoms with van der Waals surface area (Å²) in [7, 11) is 1.28. The normalized spacial score (nSPS) is 11.9. The Labute approximate surface area is 92.8 Å². The Bertz CT molecular complexity index is 403. The second-order valence-electron chi connectivity index (χ2n) is 3.32. The number of benzene rings is 1. The molecule has 1 aromatic rings. The highest BCUT2D eigenvalue weighted by atomic mass is 16.5. The van der Waals surface area contributed by atoms with Crippen molar-refractivity contribution in [3.05, 3.63) is 35.4 Å². The Morgan fingerprint density at radius 1 is 1.50 bits per heavy atom. The topological polar surface area (TPSA) is 89.6 Å². The molecule has 5 heteroatoms. The highest BCUT2D eigenvalue weighted by Crippen LogP contribution is 2.16. The van der Waals surface area contributed by atoms with Crippen LogP contribution in [0.2, 0.25) is 0 Å². The summed E-state index contributed by atoms with van der Waals surface area (Å²) in [5.41, 5.74) is 6.64. The third kappa shape index (κ3) is 3.06. The van der Waals surface area contributed by atoms with E-state index < -0.39 is 18.0 Å². The van der Waals surface area contributed by atoms with Crippen LogP contribution in [0.15, 0.2) is 24.3 Å². The van der Waals surface area contributed by atoms with E-state index in [0.717, 1.165) is 0 Å². The summed E-state index contributed by atoms with van der Waals surface area (Å²) in [5, 5.41) is 8.60. The highest BCUT2D eigenvalue weighted by molar-refractivity contribution is 5.89. The summed E-state index contributed by atoms with van der Waals surface area (Å²) in [6, 6.07) is 5.83.